The van der Waals surface area contributed by atoms with E-state index in [1.165, 1.54) is 38.5 Å². The summed E-state index contributed by atoms with van der Waals surface area (Å²) in [5.41, 5.74) is 2.36. The number of rotatable bonds is 2. The fourth-order valence-electron chi connectivity index (χ4n) is 2.00. The number of nitrogens with zero attached hydrogens (tertiary/aromatic N) is 2. The first-order valence-electron chi connectivity index (χ1n) is 5.20. The molecular formula is C9H16N4O. The van der Waals surface area contributed by atoms with Crippen molar-refractivity contribution in [2.45, 2.75) is 44.4 Å². The molecule has 3 N–H and O–H groups in total. The Morgan fingerprint density at radius 3 is 2.50 bits per heavy atom. The lowest BCUT2D eigenvalue weighted by atomic mass is 10.00. The quantitative estimate of drug-likeness (QED) is 0.428. The Morgan fingerprint density at radius 2 is 1.93 bits per heavy atom. The molecule has 0 saturated heterocycles. The zero-order valence-electron chi connectivity index (χ0n) is 8.20. The van der Waals surface area contributed by atoms with Crippen molar-refractivity contribution in [3.05, 3.63) is 5.82 Å². The highest BCUT2D eigenvalue weighted by Crippen LogP contribution is 2.30. The van der Waals surface area contributed by atoms with E-state index in [1.807, 2.05) is 0 Å². The van der Waals surface area contributed by atoms with Gasteiger partial charge < -0.3 is 4.52 Å². The summed E-state index contributed by atoms with van der Waals surface area (Å²) in [6, 6.07) is 0.309. The van der Waals surface area contributed by atoms with E-state index in [2.05, 4.69) is 15.6 Å². The van der Waals surface area contributed by atoms with Crippen molar-refractivity contribution in [3.63, 3.8) is 0 Å². The number of nitrogen functional groups attached to an aromatic ring is 1. The standard InChI is InChI=1S/C9H16N4O/c10-12-9-11-8(13-14-9)7-5-3-1-2-4-6-7/h7H,1-6,10H2,(H,11,12,13). The molecule has 1 aromatic rings. The van der Waals surface area contributed by atoms with Crippen LogP contribution in [0, 0.1) is 0 Å². The number of aromatic nitrogens is 2. The number of nitrogens with two attached hydrogens (primary N) is 1. The van der Waals surface area contributed by atoms with Crippen LogP contribution >= 0.6 is 0 Å². The third-order valence-electron chi connectivity index (χ3n) is 2.79. The third kappa shape index (κ3) is 2.04. The molecule has 0 radical (unpaired) electrons. The van der Waals surface area contributed by atoms with Crippen LogP contribution in [-0.2, 0) is 0 Å². The molecule has 2 rings (SSSR count). The normalized spacial score (nSPS) is 19.2. The van der Waals surface area contributed by atoms with Crippen molar-refractivity contribution in [2.24, 2.45) is 5.84 Å². The van der Waals surface area contributed by atoms with Gasteiger partial charge in [-0.25, -0.2) is 5.84 Å². The summed E-state index contributed by atoms with van der Waals surface area (Å²) in [6.45, 7) is 0. The molecule has 0 aliphatic heterocycles. The number of hydrogen-bond donors (Lipinski definition) is 2. The minimum Gasteiger partial charge on any atom is -0.314 e. The molecule has 78 valence electrons. The van der Waals surface area contributed by atoms with E-state index in [-0.39, 0.29) is 0 Å². The average molecular weight is 196 g/mol. The smallest absolute Gasteiger partial charge is 0.314 e. The molecule has 0 atom stereocenters. The van der Waals surface area contributed by atoms with Gasteiger partial charge >= 0.3 is 6.01 Å². The molecule has 1 aliphatic rings. The number of nitrogens with one attached hydrogen (secondary N) is 1. The van der Waals surface area contributed by atoms with Gasteiger partial charge in [-0.15, -0.1) is 0 Å². The van der Waals surface area contributed by atoms with Crippen LogP contribution in [0.2, 0.25) is 0 Å². The van der Waals surface area contributed by atoms with Crippen LogP contribution < -0.4 is 11.3 Å². The molecule has 1 heterocycles. The van der Waals surface area contributed by atoms with Crippen molar-refractivity contribution in [2.75, 3.05) is 5.43 Å². The maximum Gasteiger partial charge on any atom is 0.335 e. The SMILES string of the molecule is NNc1nc(C2CCCCCC2)no1. The molecule has 5 nitrogen and oxygen atoms in total. The zero-order valence-corrected chi connectivity index (χ0v) is 8.20. The van der Waals surface area contributed by atoms with Gasteiger partial charge in [0.1, 0.15) is 0 Å². The minimum absolute atomic E-state index is 0.309. The highest BCUT2D eigenvalue weighted by molar-refractivity contribution is 5.16. The summed E-state index contributed by atoms with van der Waals surface area (Å²) in [4.78, 5) is 4.18. The minimum atomic E-state index is 0.309. The largest absolute Gasteiger partial charge is 0.335 e. The van der Waals surface area contributed by atoms with Crippen LogP contribution in [-0.4, -0.2) is 10.1 Å². The van der Waals surface area contributed by atoms with Crippen LogP contribution in [0.15, 0.2) is 4.52 Å². The molecular weight excluding hydrogens is 180 g/mol. The first kappa shape index (κ1) is 9.45. The lowest BCUT2D eigenvalue weighted by Crippen LogP contribution is -2.07. The number of anilines is 1. The highest BCUT2D eigenvalue weighted by atomic mass is 16.5. The van der Waals surface area contributed by atoms with E-state index < -0.39 is 0 Å². The Bertz CT molecular complexity index is 278. The van der Waals surface area contributed by atoms with Gasteiger partial charge in [0.05, 0.1) is 0 Å². The van der Waals surface area contributed by atoms with Gasteiger partial charge in [0, 0.05) is 5.92 Å². The Kier molecular flexibility index (Phi) is 2.98. The average Bonchev–Trinajstić information content (AvgIpc) is 2.53. The lowest BCUT2D eigenvalue weighted by Gasteiger charge is -2.07. The summed E-state index contributed by atoms with van der Waals surface area (Å²) >= 11 is 0. The Balaban J connectivity index is 2.04. The van der Waals surface area contributed by atoms with E-state index in [4.69, 9.17) is 10.4 Å². The second-order valence-corrected chi connectivity index (χ2v) is 3.79. The van der Waals surface area contributed by atoms with E-state index in [0.717, 1.165) is 5.82 Å². The number of hydrazine groups is 1. The second-order valence-electron chi connectivity index (χ2n) is 3.79. The Morgan fingerprint density at radius 1 is 1.21 bits per heavy atom. The third-order valence-corrected chi connectivity index (χ3v) is 2.79. The van der Waals surface area contributed by atoms with E-state index in [9.17, 15) is 0 Å². The summed E-state index contributed by atoms with van der Waals surface area (Å²) in [7, 11) is 0. The zero-order chi connectivity index (χ0) is 9.80. The first-order chi connectivity index (χ1) is 6.90. The van der Waals surface area contributed by atoms with Gasteiger partial charge in [0.2, 0.25) is 0 Å². The van der Waals surface area contributed by atoms with Crippen molar-refractivity contribution >= 4 is 6.01 Å². The van der Waals surface area contributed by atoms with Gasteiger partial charge in [-0.05, 0) is 12.8 Å². The molecule has 5 heteroatoms. The van der Waals surface area contributed by atoms with Crippen molar-refractivity contribution in [3.8, 4) is 0 Å². The predicted octanol–water partition coefficient (Wildman–Crippen LogP) is 1.79. The molecule has 0 amide bonds. The summed E-state index contributed by atoms with van der Waals surface area (Å²) in [5, 5.41) is 3.92. The molecule has 0 aromatic carbocycles. The van der Waals surface area contributed by atoms with Gasteiger partial charge in [0.15, 0.2) is 5.82 Å². The molecule has 1 aliphatic carbocycles. The van der Waals surface area contributed by atoms with Crippen molar-refractivity contribution < 1.29 is 4.52 Å². The molecule has 0 spiro atoms. The topological polar surface area (TPSA) is 77.0 Å². The van der Waals surface area contributed by atoms with Crippen LogP contribution in [0.4, 0.5) is 6.01 Å². The van der Waals surface area contributed by atoms with Crippen LogP contribution in [0.5, 0.6) is 0 Å². The fraction of sp³-hybridized carbons (Fsp3) is 0.778. The fourth-order valence-corrected chi connectivity index (χ4v) is 2.00. The molecule has 0 bridgehead atoms. The first-order valence-corrected chi connectivity index (χ1v) is 5.20. The van der Waals surface area contributed by atoms with Crippen LogP contribution in [0.1, 0.15) is 50.3 Å². The van der Waals surface area contributed by atoms with Crippen LogP contribution in [0.3, 0.4) is 0 Å². The Labute approximate surface area is 83.0 Å². The van der Waals surface area contributed by atoms with Gasteiger partial charge in [0.25, 0.3) is 0 Å². The molecule has 14 heavy (non-hydrogen) atoms. The van der Waals surface area contributed by atoms with Gasteiger partial charge in [-0.2, -0.15) is 4.98 Å². The lowest BCUT2D eigenvalue weighted by molar-refractivity contribution is 0.410. The van der Waals surface area contributed by atoms with Crippen molar-refractivity contribution in [1.29, 1.82) is 0 Å². The highest BCUT2D eigenvalue weighted by Gasteiger charge is 2.19. The van der Waals surface area contributed by atoms with E-state index in [0.29, 0.717) is 11.9 Å². The van der Waals surface area contributed by atoms with E-state index >= 15 is 0 Å². The van der Waals surface area contributed by atoms with E-state index in [1.54, 1.807) is 0 Å². The maximum absolute atomic E-state index is 5.18. The summed E-state index contributed by atoms with van der Waals surface area (Å²) in [5.74, 6) is 6.44. The maximum atomic E-state index is 5.18. The molecule has 1 fully saturated rings. The summed E-state index contributed by atoms with van der Waals surface area (Å²) < 4.78 is 4.91. The van der Waals surface area contributed by atoms with Crippen molar-refractivity contribution in [1.82, 2.24) is 10.1 Å². The predicted molar refractivity (Wildman–Crippen MR) is 52.6 cm³/mol. The molecule has 0 unspecified atom stereocenters. The molecule has 1 saturated carbocycles. The molecule has 1 aromatic heterocycles. The van der Waals surface area contributed by atoms with Gasteiger partial charge in [-0.3, -0.25) is 5.43 Å². The van der Waals surface area contributed by atoms with Crippen LogP contribution in [0.25, 0.3) is 0 Å². The monoisotopic (exact) mass is 196 g/mol. The second kappa shape index (κ2) is 4.41. The summed E-state index contributed by atoms with van der Waals surface area (Å²) in [6.07, 6.45) is 7.54. The Hall–Kier alpha value is -1.10. The van der Waals surface area contributed by atoms with Gasteiger partial charge in [-0.1, -0.05) is 30.8 Å². The number of hydrogen-bond acceptors (Lipinski definition) is 5.